The van der Waals surface area contributed by atoms with Crippen LogP contribution >= 0.6 is 0 Å². The van der Waals surface area contributed by atoms with Crippen LogP contribution in [0.25, 0.3) is 0 Å². The lowest BCUT2D eigenvalue weighted by Crippen LogP contribution is -2.35. The summed E-state index contributed by atoms with van der Waals surface area (Å²) < 4.78 is 32.5. The second-order valence-corrected chi connectivity index (χ2v) is 10.4. The number of rotatable bonds is 7. The number of amides is 2. The first kappa shape index (κ1) is 23.3. The smallest absolute Gasteiger partial charge is 0.243 e. The number of sulfonamides is 1. The Kier molecular flexibility index (Phi) is 6.99. The molecule has 8 nitrogen and oxygen atoms in total. The lowest BCUT2D eigenvalue weighted by Gasteiger charge is -2.26. The largest absolute Gasteiger partial charge is 0.497 e. The van der Waals surface area contributed by atoms with Crippen LogP contribution in [-0.2, 0) is 26.2 Å². The number of anilines is 1. The van der Waals surface area contributed by atoms with Crippen molar-refractivity contribution in [2.75, 3.05) is 31.6 Å². The van der Waals surface area contributed by atoms with Crippen LogP contribution in [0.1, 0.15) is 31.2 Å². The number of methoxy groups -OCH3 is 1. The molecule has 0 bridgehead atoms. The molecular weight excluding hydrogens is 442 g/mol. The molecule has 0 spiro atoms. The first-order valence-electron chi connectivity index (χ1n) is 11.2. The van der Waals surface area contributed by atoms with Crippen LogP contribution in [0.4, 0.5) is 5.69 Å². The van der Waals surface area contributed by atoms with Crippen molar-refractivity contribution in [3.63, 3.8) is 0 Å². The molecule has 2 amide bonds. The second kappa shape index (κ2) is 9.93. The number of hydrogen-bond acceptors (Lipinski definition) is 5. The third-order valence-electron chi connectivity index (χ3n) is 6.20. The number of ether oxygens (including phenoxy) is 1. The summed E-state index contributed by atoms with van der Waals surface area (Å²) in [6.45, 7) is 1.60. The van der Waals surface area contributed by atoms with Gasteiger partial charge in [-0.05, 0) is 54.8 Å². The average Bonchev–Trinajstić information content (AvgIpc) is 3.25. The van der Waals surface area contributed by atoms with Gasteiger partial charge in [0.1, 0.15) is 5.75 Å². The van der Waals surface area contributed by atoms with E-state index in [9.17, 15) is 18.0 Å². The van der Waals surface area contributed by atoms with Crippen molar-refractivity contribution in [2.24, 2.45) is 5.92 Å². The molecule has 1 atom stereocenters. The number of benzene rings is 2. The molecular formula is C24H29N3O5S. The SMILES string of the molecule is COc1ccc(N2CC(C(=O)NCc3cccc(S(=O)(=O)N4CCCCC4)c3)CC2=O)cc1. The monoisotopic (exact) mass is 471 g/mol. The Morgan fingerprint density at radius 3 is 2.52 bits per heavy atom. The fourth-order valence-electron chi connectivity index (χ4n) is 4.30. The van der Waals surface area contributed by atoms with Gasteiger partial charge in [-0.3, -0.25) is 9.59 Å². The van der Waals surface area contributed by atoms with E-state index in [1.807, 2.05) is 0 Å². The molecule has 2 saturated heterocycles. The van der Waals surface area contributed by atoms with Gasteiger partial charge in [-0.15, -0.1) is 0 Å². The van der Waals surface area contributed by atoms with Crippen LogP contribution in [0.2, 0.25) is 0 Å². The molecule has 0 saturated carbocycles. The zero-order valence-electron chi connectivity index (χ0n) is 18.7. The van der Waals surface area contributed by atoms with Gasteiger partial charge in [0.25, 0.3) is 0 Å². The lowest BCUT2D eigenvalue weighted by atomic mass is 10.1. The highest BCUT2D eigenvalue weighted by Crippen LogP contribution is 2.27. The van der Waals surface area contributed by atoms with Gasteiger partial charge in [-0.2, -0.15) is 4.31 Å². The molecule has 1 unspecified atom stereocenters. The maximum atomic E-state index is 12.9. The van der Waals surface area contributed by atoms with Crippen LogP contribution in [0.5, 0.6) is 5.75 Å². The fourth-order valence-corrected chi connectivity index (χ4v) is 5.89. The molecule has 0 aromatic heterocycles. The zero-order valence-corrected chi connectivity index (χ0v) is 19.5. The van der Waals surface area contributed by atoms with Crippen LogP contribution in [0.3, 0.4) is 0 Å². The molecule has 2 fully saturated rings. The number of hydrogen-bond donors (Lipinski definition) is 1. The number of nitrogens with zero attached hydrogens (tertiary/aromatic N) is 2. The van der Waals surface area contributed by atoms with Crippen molar-refractivity contribution < 1.29 is 22.7 Å². The van der Waals surface area contributed by atoms with Crippen LogP contribution in [0, 0.1) is 5.92 Å². The summed E-state index contributed by atoms with van der Waals surface area (Å²) >= 11 is 0. The van der Waals surface area contributed by atoms with E-state index < -0.39 is 15.9 Å². The van der Waals surface area contributed by atoms with Crippen LogP contribution in [0.15, 0.2) is 53.4 Å². The summed E-state index contributed by atoms with van der Waals surface area (Å²) in [5, 5.41) is 2.86. The summed E-state index contributed by atoms with van der Waals surface area (Å²) in [6.07, 6.45) is 2.95. The van der Waals surface area contributed by atoms with E-state index in [1.165, 1.54) is 4.31 Å². The second-order valence-electron chi connectivity index (χ2n) is 8.43. The Balaban J connectivity index is 1.37. The van der Waals surface area contributed by atoms with E-state index in [0.29, 0.717) is 30.9 Å². The maximum Gasteiger partial charge on any atom is 0.243 e. The topological polar surface area (TPSA) is 96.0 Å². The molecule has 4 rings (SSSR count). The quantitative estimate of drug-likeness (QED) is 0.670. The molecule has 2 heterocycles. The van der Waals surface area contributed by atoms with E-state index in [-0.39, 0.29) is 29.7 Å². The minimum atomic E-state index is -3.53. The maximum absolute atomic E-state index is 12.9. The van der Waals surface area contributed by atoms with Crippen molar-refractivity contribution in [3.8, 4) is 5.75 Å². The Bertz CT molecular complexity index is 1110. The van der Waals surface area contributed by atoms with Crippen molar-refractivity contribution in [3.05, 3.63) is 54.1 Å². The lowest BCUT2D eigenvalue weighted by molar-refractivity contribution is -0.126. The minimum Gasteiger partial charge on any atom is -0.497 e. The van der Waals surface area contributed by atoms with Crippen LogP contribution < -0.4 is 15.0 Å². The molecule has 2 aliphatic heterocycles. The summed E-state index contributed by atoms with van der Waals surface area (Å²) in [6, 6.07) is 13.9. The summed E-state index contributed by atoms with van der Waals surface area (Å²) in [5.74, 6) is -0.0809. The predicted molar refractivity (Wildman–Crippen MR) is 124 cm³/mol. The number of piperidine rings is 1. The standard InChI is InChI=1S/C24H29N3O5S/c1-32-21-10-8-20(9-11-21)27-17-19(15-23(27)28)24(29)25-16-18-6-5-7-22(14-18)33(30,31)26-12-3-2-4-13-26/h5-11,14,19H,2-4,12-13,15-17H2,1H3,(H,25,29). The van der Waals surface area contributed by atoms with Gasteiger partial charge in [0.15, 0.2) is 0 Å². The average molecular weight is 472 g/mol. The van der Waals surface area contributed by atoms with Gasteiger partial charge in [0, 0.05) is 38.3 Å². The predicted octanol–water partition coefficient (Wildman–Crippen LogP) is 2.54. The molecule has 33 heavy (non-hydrogen) atoms. The van der Waals surface area contributed by atoms with E-state index in [1.54, 1.807) is 60.5 Å². The molecule has 2 aliphatic rings. The highest BCUT2D eigenvalue weighted by molar-refractivity contribution is 7.89. The van der Waals surface area contributed by atoms with Gasteiger partial charge in [0.2, 0.25) is 21.8 Å². The van der Waals surface area contributed by atoms with E-state index in [0.717, 1.165) is 24.9 Å². The van der Waals surface area contributed by atoms with Crippen molar-refractivity contribution in [1.29, 1.82) is 0 Å². The minimum absolute atomic E-state index is 0.102. The van der Waals surface area contributed by atoms with Crippen molar-refractivity contribution in [2.45, 2.75) is 37.1 Å². The number of carbonyl (C=O) groups excluding carboxylic acids is 2. The Labute approximate surface area is 194 Å². The summed E-state index contributed by atoms with van der Waals surface area (Å²) in [7, 11) is -1.95. The van der Waals surface area contributed by atoms with Gasteiger partial charge >= 0.3 is 0 Å². The highest BCUT2D eigenvalue weighted by atomic mass is 32.2. The fraction of sp³-hybridized carbons (Fsp3) is 0.417. The Hall–Kier alpha value is -2.91. The van der Waals surface area contributed by atoms with Gasteiger partial charge in [-0.25, -0.2) is 8.42 Å². The third-order valence-corrected chi connectivity index (χ3v) is 8.09. The van der Waals surface area contributed by atoms with Gasteiger partial charge < -0.3 is 15.0 Å². The summed E-state index contributed by atoms with van der Waals surface area (Å²) in [4.78, 5) is 27.1. The van der Waals surface area contributed by atoms with Gasteiger partial charge in [-0.1, -0.05) is 18.6 Å². The molecule has 9 heteroatoms. The Morgan fingerprint density at radius 1 is 1.09 bits per heavy atom. The molecule has 0 aliphatic carbocycles. The first-order chi connectivity index (χ1) is 15.9. The normalized spacial score (nSPS) is 19.5. The molecule has 1 N–H and O–H groups in total. The summed E-state index contributed by atoms with van der Waals surface area (Å²) in [5.41, 5.74) is 1.43. The molecule has 0 radical (unpaired) electrons. The third kappa shape index (κ3) is 5.20. The number of nitrogens with one attached hydrogen (secondary N) is 1. The van der Waals surface area contributed by atoms with Crippen LogP contribution in [-0.4, -0.2) is 51.3 Å². The van der Waals surface area contributed by atoms with E-state index in [2.05, 4.69) is 5.32 Å². The van der Waals surface area contributed by atoms with Gasteiger partial charge in [0.05, 0.1) is 17.9 Å². The van der Waals surface area contributed by atoms with Crippen molar-refractivity contribution >= 4 is 27.5 Å². The number of carbonyl (C=O) groups is 2. The van der Waals surface area contributed by atoms with E-state index in [4.69, 9.17) is 4.74 Å². The first-order valence-corrected chi connectivity index (χ1v) is 12.6. The zero-order chi connectivity index (χ0) is 23.4. The Morgan fingerprint density at radius 2 is 1.82 bits per heavy atom. The molecule has 2 aromatic rings. The molecule has 2 aromatic carbocycles. The van der Waals surface area contributed by atoms with E-state index >= 15 is 0 Å². The molecule has 176 valence electrons. The highest BCUT2D eigenvalue weighted by Gasteiger charge is 2.35. The van der Waals surface area contributed by atoms with Crippen molar-refractivity contribution in [1.82, 2.24) is 9.62 Å².